The van der Waals surface area contributed by atoms with Gasteiger partial charge in [0.25, 0.3) is 5.91 Å². The number of aromatic nitrogens is 3. The Morgan fingerprint density at radius 1 is 1.13 bits per heavy atom. The van der Waals surface area contributed by atoms with Gasteiger partial charge in [-0.15, -0.1) is 0 Å². The molecule has 2 aliphatic heterocycles. The van der Waals surface area contributed by atoms with Gasteiger partial charge in [-0.25, -0.2) is 18.7 Å². The molecule has 3 aromatic rings. The van der Waals surface area contributed by atoms with Crippen molar-refractivity contribution in [1.82, 2.24) is 24.8 Å². The van der Waals surface area contributed by atoms with Gasteiger partial charge in [0.2, 0.25) is 5.95 Å². The van der Waals surface area contributed by atoms with Gasteiger partial charge in [-0.05, 0) is 49.9 Å². The second-order valence-corrected chi connectivity index (χ2v) is 10.3. The third-order valence-electron chi connectivity index (χ3n) is 7.49. The number of likely N-dealkylation sites (tertiary alicyclic amines) is 1. The summed E-state index contributed by atoms with van der Waals surface area (Å²) in [7, 11) is 0. The summed E-state index contributed by atoms with van der Waals surface area (Å²) in [6.45, 7) is 4.11. The maximum Gasteiger partial charge on any atom is 0.254 e. The number of amides is 1. The molecule has 8 nitrogen and oxygen atoms in total. The lowest BCUT2D eigenvalue weighted by atomic mass is 10.0. The van der Waals surface area contributed by atoms with Crippen LogP contribution in [0.4, 0.5) is 18.9 Å². The monoisotopic (exact) mass is 526 g/mol. The second-order valence-electron chi connectivity index (χ2n) is 10.3. The molecule has 1 amide bonds. The van der Waals surface area contributed by atoms with E-state index in [1.807, 2.05) is 0 Å². The Hall–Kier alpha value is -3.44. The van der Waals surface area contributed by atoms with E-state index < -0.39 is 29.9 Å². The summed E-state index contributed by atoms with van der Waals surface area (Å²) < 4.78 is 50.9. The summed E-state index contributed by atoms with van der Waals surface area (Å²) in [6.07, 6.45) is 5.71. The maximum atomic E-state index is 14.9. The number of halogens is 3. The van der Waals surface area contributed by atoms with Crippen molar-refractivity contribution in [2.45, 2.75) is 50.5 Å². The number of carbonyl (C=O) groups is 1. The van der Waals surface area contributed by atoms with E-state index in [9.17, 15) is 18.0 Å². The number of piperidine rings is 1. The van der Waals surface area contributed by atoms with Gasteiger partial charge < -0.3 is 19.9 Å². The number of alkyl halides is 1. The molecule has 0 unspecified atom stereocenters. The third kappa shape index (κ3) is 5.00. The fourth-order valence-corrected chi connectivity index (χ4v) is 4.97. The standard InChI is InChI=1S/C27H29F3N6O2/c1-15-6-21(28)20(27(37)34-16-2-3-16)8-19(15)24-11-36(14-32-24)25-7-17(9-31-26(25)30)33-23-4-5-35(10-22(23)29)18-12-38-13-18/h6-9,11,14,16,18,22-23,33H,2-5,10,12-13H2,1H3,(H,34,37)/t22-,23+/m1/s1. The average Bonchev–Trinajstić information content (AvgIpc) is 3.53. The molecule has 11 heteroatoms. The van der Waals surface area contributed by atoms with E-state index in [2.05, 4.69) is 25.5 Å². The van der Waals surface area contributed by atoms with Crippen molar-refractivity contribution < 1.29 is 22.7 Å². The van der Waals surface area contributed by atoms with Crippen LogP contribution in [0.15, 0.2) is 36.9 Å². The molecule has 1 aromatic carbocycles. The Labute approximate surface area is 218 Å². The molecule has 2 atom stereocenters. The Kier molecular flexibility index (Phi) is 6.56. The highest BCUT2D eigenvalue weighted by Crippen LogP contribution is 2.29. The van der Waals surface area contributed by atoms with E-state index in [0.717, 1.165) is 19.4 Å². The van der Waals surface area contributed by atoms with E-state index in [-0.39, 0.29) is 23.3 Å². The number of pyridine rings is 1. The predicted molar refractivity (Wildman–Crippen MR) is 135 cm³/mol. The number of nitrogens with zero attached hydrogens (tertiary/aromatic N) is 4. The van der Waals surface area contributed by atoms with Crippen molar-refractivity contribution in [3.05, 3.63) is 59.8 Å². The summed E-state index contributed by atoms with van der Waals surface area (Å²) in [5, 5.41) is 5.98. The highest BCUT2D eigenvalue weighted by molar-refractivity contribution is 5.96. The van der Waals surface area contributed by atoms with Gasteiger partial charge in [-0.3, -0.25) is 9.69 Å². The first-order valence-corrected chi connectivity index (χ1v) is 12.9. The molecule has 1 aliphatic carbocycles. The molecule has 0 radical (unpaired) electrons. The molecule has 0 bridgehead atoms. The van der Waals surface area contributed by atoms with Crippen LogP contribution in [0, 0.1) is 18.7 Å². The quantitative estimate of drug-likeness (QED) is 0.458. The number of rotatable bonds is 7. The van der Waals surface area contributed by atoms with Crippen LogP contribution in [0.2, 0.25) is 0 Å². The highest BCUT2D eigenvalue weighted by Gasteiger charge is 2.35. The Morgan fingerprint density at radius 3 is 2.66 bits per heavy atom. The number of hydrogen-bond acceptors (Lipinski definition) is 6. The zero-order valence-electron chi connectivity index (χ0n) is 21.0. The maximum absolute atomic E-state index is 14.9. The van der Waals surface area contributed by atoms with Crippen molar-refractivity contribution in [1.29, 1.82) is 0 Å². The van der Waals surface area contributed by atoms with Crippen molar-refractivity contribution in [2.24, 2.45) is 0 Å². The Morgan fingerprint density at radius 2 is 1.95 bits per heavy atom. The van der Waals surface area contributed by atoms with Gasteiger partial charge in [0.15, 0.2) is 0 Å². The van der Waals surface area contributed by atoms with Gasteiger partial charge in [-0.2, -0.15) is 4.39 Å². The predicted octanol–water partition coefficient (Wildman–Crippen LogP) is 3.64. The zero-order chi connectivity index (χ0) is 26.4. The first-order valence-electron chi connectivity index (χ1n) is 12.9. The number of benzene rings is 1. The summed E-state index contributed by atoms with van der Waals surface area (Å²) in [6, 6.07) is 4.33. The number of carbonyl (C=O) groups excluding carboxylic acids is 1. The molecule has 2 saturated heterocycles. The number of nitrogens with one attached hydrogen (secondary N) is 2. The number of hydrogen-bond donors (Lipinski definition) is 2. The number of aryl methyl sites for hydroxylation is 1. The van der Waals surface area contributed by atoms with Crippen molar-refractivity contribution in [3.8, 4) is 16.9 Å². The lowest BCUT2D eigenvalue weighted by molar-refractivity contribution is -0.0794. The van der Waals surface area contributed by atoms with Crippen molar-refractivity contribution >= 4 is 11.6 Å². The summed E-state index contributed by atoms with van der Waals surface area (Å²) in [4.78, 5) is 22.9. The molecule has 2 N–H and O–H groups in total. The van der Waals surface area contributed by atoms with Crippen LogP contribution in [0.1, 0.15) is 35.2 Å². The summed E-state index contributed by atoms with van der Waals surface area (Å²) in [5.41, 5.74) is 2.21. The lowest BCUT2D eigenvalue weighted by Crippen LogP contribution is -2.57. The molecule has 2 aromatic heterocycles. The minimum absolute atomic E-state index is 0.0530. The van der Waals surface area contributed by atoms with Crippen LogP contribution in [-0.4, -0.2) is 75.9 Å². The van der Waals surface area contributed by atoms with Crippen LogP contribution in [0.3, 0.4) is 0 Å². The fourth-order valence-electron chi connectivity index (χ4n) is 4.97. The summed E-state index contributed by atoms with van der Waals surface area (Å²) in [5.74, 6) is -1.77. The SMILES string of the molecule is Cc1cc(F)c(C(=O)NC2CC2)cc1-c1cn(-c2cc(N[C@H]3CCN(C4COC4)C[C@H]3F)cnc2F)cn1. The molecule has 1 saturated carbocycles. The lowest BCUT2D eigenvalue weighted by Gasteiger charge is -2.43. The fraction of sp³-hybridized carbons (Fsp3) is 0.444. The van der Waals surface area contributed by atoms with E-state index in [4.69, 9.17) is 4.74 Å². The van der Waals surface area contributed by atoms with Crippen LogP contribution < -0.4 is 10.6 Å². The Balaban J connectivity index is 1.20. The van der Waals surface area contributed by atoms with Crippen LogP contribution in [0.5, 0.6) is 0 Å². The molecule has 3 aliphatic rings. The molecular weight excluding hydrogens is 497 g/mol. The minimum Gasteiger partial charge on any atom is -0.378 e. The van der Waals surface area contributed by atoms with Gasteiger partial charge in [-0.1, -0.05) is 0 Å². The van der Waals surface area contributed by atoms with E-state index in [1.165, 1.54) is 29.2 Å². The Bertz CT molecular complexity index is 1360. The second kappa shape index (κ2) is 10.0. The first kappa shape index (κ1) is 24.9. The van der Waals surface area contributed by atoms with Crippen LogP contribution in [-0.2, 0) is 4.74 Å². The van der Waals surface area contributed by atoms with Gasteiger partial charge in [0, 0.05) is 30.9 Å². The van der Waals surface area contributed by atoms with Crippen molar-refractivity contribution in [2.75, 3.05) is 31.6 Å². The van der Waals surface area contributed by atoms with Gasteiger partial charge >= 0.3 is 0 Å². The van der Waals surface area contributed by atoms with E-state index in [0.29, 0.717) is 48.7 Å². The summed E-state index contributed by atoms with van der Waals surface area (Å²) >= 11 is 0. The topological polar surface area (TPSA) is 84.3 Å². The molecule has 6 rings (SSSR count). The third-order valence-corrected chi connectivity index (χ3v) is 7.49. The van der Waals surface area contributed by atoms with Crippen LogP contribution >= 0.6 is 0 Å². The number of imidazole rings is 1. The van der Waals surface area contributed by atoms with Crippen molar-refractivity contribution in [3.63, 3.8) is 0 Å². The van der Waals surface area contributed by atoms with Gasteiger partial charge in [0.1, 0.15) is 24.0 Å². The van der Waals surface area contributed by atoms with E-state index >= 15 is 0 Å². The molecule has 3 fully saturated rings. The number of anilines is 1. The zero-order valence-corrected chi connectivity index (χ0v) is 21.0. The molecular formula is C27H29F3N6O2. The van der Waals surface area contributed by atoms with E-state index in [1.54, 1.807) is 19.2 Å². The van der Waals surface area contributed by atoms with Gasteiger partial charge in [0.05, 0.1) is 48.4 Å². The minimum atomic E-state index is -1.08. The highest BCUT2D eigenvalue weighted by atomic mass is 19.1. The molecule has 4 heterocycles. The largest absolute Gasteiger partial charge is 0.378 e. The van der Waals surface area contributed by atoms with Crippen LogP contribution in [0.25, 0.3) is 16.9 Å². The smallest absolute Gasteiger partial charge is 0.254 e. The normalized spacial score (nSPS) is 22.2. The molecule has 0 spiro atoms. The average molecular weight is 527 g/mol. The first-order chi connectivity index (χ1) is 18.4. The molecule has 38 heavy (non-hydrogen) atoms. The number of ether oxygens (including phenoxy) is 1. The molecule has 200 valence electrons.